The first kappa shape index (κ1) is 24.8. The second-order valence-electron chi connectivity index (χ2n) is 7.55. The summed E-state index contributed by atoms with van der Waals surface area (Å²) < 4.78 is 0. The Hall–Kier alpha value is -0.220. The van der Waals surface area contributed by atoms with E-state index in [9.17, 15) is 4.79 Å². The number of aliphatic imine (C=N–C) groups is 1. The number of carbonyl (C=O) groups is 1. The van der Waals surface area contributed by atoms with Crippen molar-refractivity contribution in [3.8, 4) is 0 Å². The van der Waals surface area contributed by atoms with E-state index in [-0.39, 0.29) is 35.9 Å². The van der Waals surface area contributed by atoms with Crippen LogP contribution in [0.15, 0.2) is 4.99 Å². The quantitative estimate of drug-likeness (QED) is 0.227. The van der Waals surface area contributed by atoms with Gasteiger partial charge in [-0.1, -0.05) is 0 Å². The molecule has 1 aliphatic heterocycles. The lowest BCUT2D eigenvalue weighted by molar-refractivity contribution is -0.133. The summed E-state index contributed by atoms with van der Waals surface area (Å²) >= 11 is 1.98. The average molecular weight is 512 g/mol. The molecule has 0 radical (unpaired) electrons. The van der Waals surface area contributed by atoms with Gasteiger partial charge in [0.2, 0.25) is 5.91 Å². The van der Waals surface area contributed by atoms with Crippen molar-refractivity contribution in [3.05, 3.63) is 0 Å². The van der Waals surface area contributed by atoms with Gasteiger partial charge in [0.15, 0.2) is 5.96 Å². The number of guanidine groups is 1. The molecule has 1 saturated heterocycles. The lowest BCUT2D eigenvalue weighted by Gasteiger charge is -2.25. The molecule has 6 nitrogen and oxygen atoms in total. The van der Waals surface area contributed by atoms with Crippen LogP contribution >= 0.6 is 35.7 Å². The van der Waals surface area contributed by atoms with Crippen LogP contribution < -0.4 is 10.6 Å². The largest absolute Gasteiger partial charge is 0.357 e. The van der Waals surface area contributed by atoms with Crippen LogP contribution in [0.1, 0.15) is 45.4 Å². The van der Waals surface area contributed by atoms with Gasteiger partial charge in [-0.25, -0.2) is 0 Å². The van der Waals surface area contributed by atoms with E-state index in [1.807, 2.05) is 25.9 Å². The highest BCUT2D eigenvalue weighted by Crippen LogP contribution is 2.28. The fourth-order valence-electron chi connectivity index (χ4n) is 3.93. The van der Waals surface area contributed by atoms with E-state index < -0.39 is 0 Å². The molecule has 2 fully saturated rings. The molecular weight excluding hydrogens is 473 g/mol. The molecule has 2 N–H and O–H groups in total. The van der Waals surface area contributed by atoms with Crippen LogP contribution in [0.3, 0.4) is 0 Å². The number of halogens is 1. The minimum atomic E-state index is 0. The summed E-state index contributed by atoms with van der Waals surface area (Å²) in [6.07, 6.45) is 9.07. The standard InChI is InChI=1S/C19H37N5OS.HI/c1-5-20-19(22-15-9-10-16(14-15)26-4)21-11-7-13-24-12-6-8-17(24)18(25)23(2)3;/h15-17H,5-14H2,1-4H3,(H2,20,21,22);1H. The minimum absolute atomic E-state index is 0. The van der Waals surface area contributed by atoms with Crippen molar-refractivity contribution in [1.29, 1.82) is 0 Å². The van der Waals surface area contributed by atoms with Gasteiger partial charge in [-0.15, -0.1) is 24.0 Å². The Morgan fingerprint density at radius 2 is 2.07 bits per heavy atom. The Balaban J connectivity index is 0.00000364. The van der Waals surface area contributed by atoms with Gasteiger partial charge in [-0.3, -0.25) is 14.7 Å². The summed E-state index contributed by atoms with van der Waals surface area (Å²) in [7, 11) is 3.70. The van der Waals surface area contributed by atoms with E-state index in [1.165, 1.54) is 19.3 Å². The lowest BCUT2D eigenvalue weighted by atomic mass is 10.2. The van der Waals surface area contributed by atoms with Gasteiger partial charge in [0.25, 0.3) is 0 Å². The predicted molar refractivity (Wildman–Crippen MR) is 127 cm³/mol. The Morgan fingerprint density at radius 1 is 1.30 bits per heavy atom. The van der Waals surface area contributed by atoms with E-state index in [0.717, 1.165) is 56.7 Å². The summed E-state index contributed by atoms with van der Waals surface area (Å²) in [4.78, 5) is 21.1. The number of likely N-dealkylation sites (N-methyl/N-ethyl adjacent to an activating group) is 1. The van der Waals surface area contributed by atoms with Crippen molar-refractivity contribution in [2.24, 2.45) is 4.99 Å². The number of hydrogen-bond donors (Lipinski definition) is 2. The molecule has 2 rings (SSSR count). The van der Waals surface area contributed by atoms with Gasteiger partial charge in [0.05, 0.1) is 6.04 Å². The molecule has 0 bridgehead atoms. The molecule has 1 amide bonds. The van der Waals surface area contributed by atoms with Crippen molar-refractivity contribution in [2.45, 2.75) is 62.8 Å². The van der Waals surface area contributed by atoms with E-state index in [2.05, 4.69) is 28.7 Å². The molecule has 0 aromatic heterocycles. The second kappa shape index (κ2) is 13.1. The van der Waals surface area contributed by atoms with E-state index in [0.29, 0.717) is 6.04 Å². The molecule has 1 aliphatic carbocycles. The zero-order valence-electron chi connectivity index (χ0n) is 17.4. The second-order valence-corrected chi connectivity index (χ2v) is 8.69. The highest BCUT2D eigenvalue weighted by atomic mass is 127. The molecular formula is C19H38IN5OS. The third-order valence-corrected chi connectivity index (χ3v) is 6.46. The molecule has 3 unspecified atom stereocenters. The maximum Gasteiger partial charge on any atom is 0.239 e. The van der Waals surface area contributed by atoms with Crippen LogP contribution in [-0.4, -0.2) is 85.5 Å². The van der Waals surface area contributed by atoms with Crippen molar-refractivity contribution in [1.82, 2.24) is 20.4 Å². The molecule has 27 heavy (non-hydrogen) atoms. The highest BCUT2D eigenvalue weighted by molar-refractivity contribution is 14.0. The topological polar surface area (TPSA) is 60.0 Å². The van der Waals surface area contributed by atoms with Crippen LogP contribution in [0.4, 0.5) is 0 Å². The molecule has 0 spiro atoms. The average Bonchev–Trinajstić information content (AvgIpc) is 3.27. The molecule has 158 valence electrons. The summed E-state index contributed by atoms with van der Waals surface area (Å²) in [5.41, 5.74) is 0. The van der Waals surface area contributed by atoms with E-state index in [4.69, 9.17) is 4.99 Å². The highest BCUT2D eigenvalue weighted by Gasteiger charge is 2.31. The Morgan fingerprint density at radius 3 is 2.70 bits per heavy atom. The first-order chi connectivity index (χ1) is 12.5. The van der Waals surface area contributed by atoms with Crippen molar-refractivity contribution in [2.75, 3.05) is 46.5 Å². The first-order valence-electron chi connectivity index (χ1n) is 10.1. The Kier molecular flexibility index (Phi) is 12.0. The predicted octanol–water partition coefficient (Wildman–Crippen LogP) is 2.39. The van der Waals surface area contributed by atoms with Gasteiger partial charge in [-0.2, -0.15) is 11.8 Å². The first-order valence-corrected chi connectivity index (χ1v) is 11.4. The zero-order valence-corrected chi connectivity index (χ0v) is 20.5. The number of likely N-dealkylation sites (tertiary alicyclic amines) is 1. The monoisotopic (exact) mass is 511 g/mol. The SMILES string of the molecule is CCNC(=NCCCN1CCCC1C(=O)N(C)C)NC1CCC(SC)C1.I. The Labute approximate surface area is 186 Å². The van der Waals surface area contributed by atoms with E-state index >= 15 is 0 Å². The minimum Gasteiger partial charge on any atom is -0.357 e. The van der Waals surface area contributed by atoms with Crippen LogP contribution in [-0.2, 0) is 4.79 Å². The molecule has 8 heteroatoms. The van der Waals surface area contributed by atoms with Crippen molar-refractivity contribution < 1.29 is 4.79 Å². The fourth-order valence-corrected chi connectivity index (χ4v) is 4.73. The smallest absolute Gasteiger partial charge is 0.239 e. The van der Waals surface area contributed by atoms with Gasteiger partial charge in [0.1, 0.15) is 0 Å². The third kappa shape index (κ3) is 7.97. The number of nitrogens with one attached hydrogen (secondary N) is 2. The molecule has 1 saturated carbocycles. The zero-order chi connectivity index (χ0) is 18.9. The van der Waals surface area contributed by atoms with Crippen molar-refractivity contribution >= 4 is 47.6 Å². The van der Waals surface area contributed by atoms with Gasteiger partial charge in [0, 0.05) is 45.0 Å². The summed E-state index contributed by atoms with van der Waals surface area (Å²) in [6, 6.07) is 0.619. The number of thioether (sulfide) groups is 1. The lowest BCUT2D eigenvalue weighted by Crippen LogP contribution is -2.43. The van der Waals surface area contributed by atoms with Gasteiger partial charge in [-0.05, 0) is 58.2 Å². The van der Waals surface area contributed by atoms with Crippen LogP contribution in [0.2, 0.25) is 0 Å². The third-order valence-electron chi connectivity index (χ3n) is 5.37. The normalized spacial score (nSPS) is 25.9. The summed E-state index contributed by atoms with van der Waals surface area (Å²) in [5.74, 6) is 1.19. The number of hydrogen-bond acceptors (Lipinski definition) is 4. The molecule has 0 aromatic rings. The molecule has 0 aromatic carbocycles. The maximum atomic E-state index is 12.3. The van der Waals surface area contributed by atoms with E-state index in [1.54, 1.807) is 4.90 Å². The van der Waals surface area contributed by atoms with Crippen molar-refractivity contribution in [3.63, 3.8) is 0 Å². The summed E-state index contributed by atoms with van der Waals surface area (Å²) in [6.45, 7) is 5.78. The molecule has 2 aliphatic rings. The number of carbonyl (C=O) groups excluding carboxylic acids is 1. The van der Waals surface area contributed by atoms with Gasteiger partial charge < -0.3 is 15.5 Å². The van der Waals surface area contributed by atoms with Crippen LogP contribution in [0.5, 0.6) is 0 Å². The van der Waals surface area contributed by atoms with Gasteiger partial charge >= 0.3 is 0 Å². The fraction of sp³-hybridized carbons (Fsp3) is 0.895. The van der Waals surface area contributed by atoms with Crippen LogP contribution in [0.25, 0.3) is 0 Å². The number of nitrogens with zero attached hydrogens (tertiary/aromatic N) is 3. The van der Waals surface area contributed by atoms with Crippen LogP contribution in [0, 0.1) is 0 Å². The molecule has 3 atom stereocenters. The molecule has 1 heterocycles. The Bertz CT molecular complexity index is 477. The number of rotatable bonds is 8. The maximum absolute atomic E-state index is 12.3. The number of amides is 1. The summed E-state index contributed by atoms with van der Waals surface area (Å²) in [5, 5.41) is 7.76.